The third-order valence-corrected chi connectivity index (χ3v) is 5.82. The van der Waals surface area contributed by atoms with Crippen molar-refractivity contribution < 1.29 is 13.2 Å². The number of hydrogen-bond donors (Lipinski definition) is 0. The molecule has 0 fully saturated rings. The average Bonchev–Trinajstić information content (AvgIpc) is 3.17. The van der Waals surface area contributed by atoms with Crippen LogP contribution in [-0.4, -0.2) is 32.5 Å². The van der Waals surface area contributed by atoms with Crippen molar-refractivity contribution in [2.24, 2.45) is 0 Å². The first-order valence-electron chi connectivity index (χ1n) is 9.06. The third kappa shape index (κ3) is 4.15. The van der Waals surface area contributed by atoms with Crippen molar-refractivity contribution in [1.82, 2.24) is 4.57 Å². The minimum Gasteiger partial charge on any atom is -0.381 e. The van der Waals surface area contributed by atoms with Crippen LogP contribution in [0.15, 0.2) is 65.8 Å². The molecule has 0 N–H and O–H groups in total. The lowest BCUT2D eigenvalue weighted by molar-refractivity contribution is 0.151. The number of sulfone groups is 1. The highest BCUT2D eigenvalue weighted by molar-refractivity contribution is 7.90. The summed E-state index contributed by atoms with van der Waals surface area (Å²) < 4.78 is 32.9. The Morgan fingerprint density at radius 3 is 2.30 bits per heavy atom. The number of hydrogen-bond acceptors (Lipinski definition) is 3. The Kier molecular flexibility index (Phi) is 5.82. The number of ether oxygens (including phenoxy) is 1. The highest BCUT2D eigenvalue weighted by atomic mass is 32.2. The summed E-state index contributed by atoms with van der Waals surface area (Å²) >= 11 is 0. The molecule has 142 valence electrons. The van der Waals surface area contributed by atoms with Crippen LogP contribution < -0.4 is 0 Å². The van der Waals surface area contributed by atoms with Gasteiger partial charge in [-0.05, 0) is 55.2 Å². The Morgan fingerprint density at radius 1 is 1.04 bits per heavy atom. The van der Waals surface area contributed by atoms with Gasteiger partial charge in [0.05, 0.1) is 11.5 Å². The number of rotatable bonds is 7. The molecule has 0 amide bonds. The van der Waals surface area contributed by atoms with Gasteiger partial charge in [0.15, 0.2) is 9.84 Å². The maximum absolute atomic E-state index is 12.7. The minimum absolute atomic E-state index is 0.356. The Hall–Kier alpha value is -2.37. The molecule has 0 saturated carbocycles. The lowest BCUT2D eigenvalue weighted by Crippen LogP contribution is -2.10. The fraction of sp³-hybridized carbons (Fsp3) is 0.273. The molecule has 3 aromatic rings. The van der Waals surface area contributed by atoms with E-state index in [9.17, 15) is 8.42 Å². The molecule has 0 aliphatic rings. The van der Waals surface area contributed by atoms with Crippen LogP contribution in [0.4, 0.5) is 0 Å². The van der Waals surface area contributed by atoms with E-state index in [0.717, 1.165) is 27.9 Å². The van der Waals surface area contributed by atoms with Gasteiger partial charge in [-0.25, -0.2) is 8.42 Å². The van der Waals surface area contributed by atoms with Crippen LogP contribution in [0.5, 0.6) is 0 Å². The van der Waals surface area contributed by atoms with Crippen LogP contribution in [0.25, 0.3) is 16.8 Å². The smallest absolute Gasteiger partial charge is 0.176 e. The molecule has 27 heavy (non-hydrogen) atoms. The van der Waals surface area contributed by atoms with Gasteiger partial charge in [-0.1, -0.05) is 30.3 Å². The fourth-order valence-electron chi connectivity index (χ4n) is 3.40. The molecule has 4 nitrogen and oxygen atoms in total. The van der Waals surface area contributed by atoms with E-state index in [1.807, 2.05) is 66.3 Å². The molecule has 0 aliphatic carbocycles. The summed E-state index contributed by atoms with van der Waals surface area (Å²) in [6.07, 6.45) is 5.79. The topological polar surface area (TPSA) is 48.3 Å². The maximum atomic E-state index is 12.7. The highest BCUT2D eigenvalue weighted by Gasteiger charge is 2.23. The predicted molar refractivity (Wildman–Crippen MR) is 109 cm³/mol. The standard InChI is InChI=1S/C22H25NO3S/c1-4-26-15-12-19-17(2)20(23-13-8-9-14-23)16-21(27(3,24)25)22(19)18-10-6-5-7-11-18/h5-11,13-14,16H,4,12,15H2,1-3H3. The number of aromatic nitrogens is 1. The molecule has 0 bridgehead atoms. The van der Waals surface area contributed by atoms with Gasteiger partial charge in [0, 0.05) is 36.5 Å². The van der Waals surface area contributed by atoms with E-state index in [1.54, 1.807) is 6.07 Å². The molecule has 5 heteroatoms. The number of nitrogens with zero attached hydrogens (tertiary/aromatic N) is 1. The molecule has 0 unspecified atom stereocenters. The van der Waals surface area contributed by atoms with Gasteiger partial charge in [0.2, 0.25) is 0 Å². The Labute approximate surface area is 161 Å². The van der Waals surface area contributed by atoms with Gasteiger partial charge in [-0.3, -0.25) is 0 Å². The summed E-state index contributed by atoms with van der Waals surface area (Å²) in [5.74, 6) is 0. The second kappa shape index (κ2) is 8.11. The zero-order valence-corrected chi connectivity index (χ0v) is 16.8. The van der Waals surface area contributed by atoms with Crippen molar-refractivity contribution in [1.29, 1.82) is 0 Å². The lowest BCUT2D eigenvalue weighted by atomic mass is 9.92. The Bertz CT molecular complexity index is 1010. The molecule has 1 aromatic heterocycles. The maximum Gasteiger partial charge on any atom is 0.176 e. The van der Waals surface area contributed by atoms with Crippen LogP contribution in [0, 0.1) is 6.92 Å². The minimum atomic E-state index is -3.42. The molecule has 0 spiro atoms. The van der Waals surface area contributed by atoms with Crippen LogP contribution in [0.3, 0.4) is 0 Å². The molecule has 0 atom stereocenters. The first-order chi connectivity index (χ1) is 12.9. The van der Waals surface area contributed by atoms with E-state index >= 15 is 0 Å². The average molecular weight is 384 g/mol. The van der Waals surface area contributed by atoms with Gasteiger partial charge in [-0.15, -0.1) is 0 Å². The normalized spacial score (nSPS) is 11.7. The van der Waals surface area contributed by atoms with E-state index < -0.39 is 9.84 Å². The third-order valence-electron chi connectivity index (χ3n) is 4.70. The fourth-order valence-corrected chi connectivity index (χ4v) is 4.34. The highest BCUT2D eigenvalue weighted by Crippen LogP contribution is 2.36. The van der Waals surface area contributed by atoms with Crippen LogP contribution in [-0.2, 0) is 21.0 Å². The summed E-state index contributed by atoms with van der Waals surface area (Å²) in [6, 6.07) is 15.4. The van der Waals surface area contributed by atoms with Crippen molar-refractivity contribution in [2.45, 2.75) is 25.2 Å². The van der Waals surface area contributed by atoms with Crippen molar-refractivity contribution >= 4 is 9.84 Å². The lowest BCUT2D eigenvalue weighted by Gasteiger charge is -2.21. The summed E-state index contributed by atoms with van der Waals surface area (Å²) in [6.45, 7) is 5.20. The summed E-state index contributed by atoms with van der Waals surface area (Å²) in [4.78, 5) is 0.356. The molecule has 3 rings (SSSR count). The second-order valence-electron chi connectivity index (χ2n) is 6.55. The Balaban J connectivity index is 2.33. The van der Waals surface area contributed by atoms with Gasteiger partial charge >= 0.3 is 0 Å². The molecular weight excluding hydrogens is 358 g/mol. The van der Waals surface area contributed by atoms with Gasteiger partial charge in [0.25, 0.3) is 0 Å². The van der Waals surface area contributed by atoms with Crippen LogP contribution in [0.2, 0.25) is 0 Å². The molecule has 1 heterocycles. The van der Waals surface area contributed by atoms with Crippen molar-refractivity contribution in [3.63, 3.8) is 0 Å². The second-order valence-corrected chi connectivity index (χ2v) is 8.53. The zero-order chi connectivity index (χ0) is 19.4. The van der Waals surface area contributed by atoms with E-state index in [0.29, 0.717) is 24.5 Å². The van der Waals surface area contributed by atoms with Gasteiger partial charge in [0.1, 0.15) is 0 Å². The molecule has 0 radical (unpaired) electrons. The van der Waals surface area contributed by atoms with Crippen LogP contribution >= 0.6 is 0 Å². The quantitative estimate of drug-likeness (QED) is 0.567. The first-order valence-corrected chi connectivity index (χ1v) is 11.0. The molecule has 2 aromatic carbocycles. The summed E-state index contributed by atoms with van der Waals surface area (Å²) in [5.41, 5.74) is 4.66. The Morgan fingerprint density at radius 2 is 1.70 bits per heavy atom. The first kappa shape index (κ1) is 19.4. The zero-order valence-electron chi connectivity index (χ0n) is 16.0. The van der Waals surface area contributed by atoms with Crippen molar-refractivity contribution in [2.75, 3.05) is 19.5 Å². The predicted octanol–water partition coefficient (Wildman–Crippen LogP) is 4.44. The molecular formula is C22H25NO3S. The number of benzene rings is 2. The molecule has 0 saturated heterocycles. The van der Waals surface area contributed by atoms with E-state index in [1.165, 1.54) is 6.26 Å². The summed E-state index contributed by atoms with van der Waals surface area (Å²) in [7, 11) is -3.42. The molecule has 0 aliphatic heterocycles. The van der Waals surface area contributed by atoms with Crippen LogP contribution in [0.1, 0.15) is 18.1 Å². The van der Waals surface area contributed by atoms with E-state index in [4.69, 9.17) is 4.74 Å². The largest absolute Gasteiger partial charge is 0.381 e. The van der Waals surface area contributed by atoms with Crippen molar-refractivity contribution in [3.8, 4) is 16.8 Å². The van der Waals surface area contributed by atoms with Crippen molar-refractivity contribution in [3.05, 3.63) is 72.1 Å². The van der Waals surface area contributed by atoms with Gasteiger partial charge in [-0.2, -0.15) is 0 Å². The van der Waals surface area contributed by atoms with E-state index in [2.05, 4.69) is 6.92 Å². The summed E-state index contributed by atoms with van der Waals surface area (Å²) in [5, 5.41) is 0. The van der Waals surface area contributed by atoms with E-state index in [-0.39, 0.29) is 0 Å². The monoisotopic (exact) mass is 383 g/mol. The SMILES string of the molecule is CCOCCc1c(C)c(-n2cccc2)cc(S(C)(=O)=O)c1-c1ccccc1. The van der Waals surface area contributed by atoms with Gasteiger partial charge < -0.3 is 9.30 Å².